The summed E-state index contributed by atoms with van der Waals surface area (Å²) >= 11 is 0. The standard InChI is InChI=1S/C35H46N2O3/c1-7-8-9-10-11-12-13-14-21-34-39-33-23-22-31(38-6)26-32(33)35(40-34,27-17-15-19-29(24-27)36(2)3)28-18-16-20-30(25-28)37(4)5/h7,15-20,22-26,34H,1,8-14,21H2,2-6H3. The van der Waals surface area contributed by atoms with Crippen LogP contribution in [0.25, 0.3) is 0 Å². The molecule has 0 saturated heterocycles. The number of fused-ring (bicyclic) bond motifs is 1. The SMILES string of the molecule is C=CCCCCCCCCC1Oc2ccc(OC)cc2C(c2cccc(N(C)C)c2)(c2cccc(N(C)C)c2)O1. The molecule has 0 fully saturated rings. The molecule has 0 radical (unpaired) electrons. The largest absolute Gasteiger partial charge is 0.497 e. The molecule has 1 aliphatic rings. The minimum absolute atomic E-state index is 0.368. The van der Waals surface area contributed by atoms with Crippen molar-refractivity contribution in [1.29, 1.82) is 0 Å². The summed E-state index contributed by atoms with van der Waals surface area (Å²) in [7, 11) is 9.98. The lowest BCUT2D eigenvalue weighted by Gasteiger charge is -2.44. The smallest absolute Gasteiger partial charge is 0.201 e. The highest BCUT2D eigenvalue weighted by Crippen LogP contribution is 2.51. The van der Waals surface area contributed by atoms with Crippen LogP contribution in [0.15, 0.2) is 79.4 Å². The number of unbranched alkanes of at least 4 members (excludes halogenated alkanes) is 6. The van der Waals surface area contributed by atoms with Crippen molar-refractivity contribution >= 4 is 11.4 Å². The van der Waals surface area contributed by atoms with Crippen molar-refractivity contribution in [3.8, 4) is 11.5 Å². The zero-order valence-electron chi connectivity index (χ0n) is 25.0. The highest BCUT2D eigenvalue weighted by Gasteiger charge is 2.46. The van der Waals surface area contributed by atoms with Gasteiger partial charge in [0.05, 0.1) is 7.11 Å². The zero-order chi connectivity index (χ0) is 28.5. The maximum Gasteiger partial charge on any atom is 0.201 e. The fraction of sp³-hybridized carbons (Fsp3) is 0.429. The molecule has 1 aliphatic heterocycles. The topological polar surface area (TPSA) is 34.2 Å². The lowest BCUT2D eigenvalue weighted by atomic mass is 9.78. The Morgan fingerprint density at radius 2 is 1.40 bits per heavy atom. The van der Waals surface area contributed by atoms with Gasteiger partial charge >= 0.3 is 0 Å². The Bertz CT molecular complexity index is 1200. The summed E-state index contributed by atoms with van der Waals surface area (Å²) in [5, 5.41) is 0. The molecule has 1 atom stereocenters. The number of anilines is 2. The second-order valence-electron chi connectivity index (χ2n) is 11.1. The fourth-order valence-electron chi connectivity index (χ4n) is 5.48. The van der Waals surface area contributed by atoms with Gasteiger partial charge in [0.25, 0.3) is 0 Å². The van der Waals surface area contributed by atoms with Crippen LogP contribution in [0.4, 0.5) is 11.4 Å². The van der Waals surface area contributed by atoms with Crippen LogP contribution in [0, 0.1) is 0 Å². The molecule has 0 saturated carbocycles. The van der Waals surface area contributed by atoms with Crippen LogP contribution < -0.4 is 19.3 Å². The van der Waals surface area contributed by atoms with Crippen LogP contribution >= 0.6 is 0 Å². The molecule has 214 valence electrons. The molecule has 1 unspecified atom stereocenters. The normalized spacial score (nSPS) is 15.6. The number of methoxy groups -OCH3 is 1. The highest BCUT2D eigenvalue weighted by atomic mass is 16.7. The molecule has 0 amide bonds. The predicted molar refractivity (Wildman–Crippen MR) is 167 cm³/mol. The summed E-state index contributed by atoms with van der Waals surface area (Å²) in [6.07, 6.45) is 10.8. The van der Waals surface area contributed by atoms with Gasteiger partial charge in [-0.25, -0.2) is 0 Å². The molecule has 3 aromatic rings. The van der Waals surface area contributed by atoms with Gasteiger partial charge < -0.3 is 24.0 Å². The molecule has 40 heavy (non-hydrogen) atoms. The van der Waals surface area contributed by atoms with Gasteiger partial charge in [-0.1, -0.05) is 56.0 Å². The van der Waals surface area contributed by atoms with Crippen LogP contribution in [-0.4, -0.2) is 41.6 Å². The number of hydrogen-bond donors (Lipinski definition) is 0. The molecule has 0 spiro atoms. The van der Waals surface area contributed by atoms with Gasteiger partial charge in [0.15, 0.2) is 5.60 Å². The Balaban J connectivity index is 1.75. The molecule has 0 bridgehead atoms. The van der Waals surface area contributed by atoms with Gasteiger partial charge in [-0.3, -0.25) is 0 Å². The first-order valence-electron chi connectivity index (χ1n) is 14.6. The summed E-state index contributed by atoms with van der Waals surface area (Å²) < 4.78 is 19.4. The minimum Gasteiger partial charge on any atom is -0.497 e. The monoisotopic (exact) mass is 542 g/mol. The van der Waals surface area contributed by atoms with E-state index >= 15 is 0 Å². The van der Waals surface area contributed by atoms with Gasteiger partial charge in [-0.05, 0) is 72.9 Å². The second kappa shape index (κ2) is 13.8. The van der Waals surface area contributed by atoms with E-state index in [2.05, 4.69) is 99.2 Å². The highest BCUT2D eigenvalue weighted by molar-refractivity contribution is 5.61. The van der Waals surface area contributed by atoms with Crippen molar-refractivity contribution in [2.75, 3.05) is 45.1 Å². The molecule has 4 rings (SSSR count). The third-order valence-corrected chi connectivity index (χ3v) is 7.77. The zero-order valence-corrected chi connectivity index (χ0v) is 25.0. The van der Waals surface area contributed by atoms with Gasteiger partial charge in [0.2, 0.25) is 6.29 Å². The summed E-state index contributed by atoms with van der Waals surface area (Å²) in [5.74, 6) is 1.62. The Kier molecular flexibility index (Phi) is 10.2. The number of hydrogen-bond acceptors (Lipinski definition) is 5. The number of benzene rings is 3. The summed E-state index contributed by atoms with van der Waals surface area (Å²) in [4.78, 5) is 4.26. The molecular formula is C35H46N2O3. The minimum atomic E-state index is -0.866. The van der Waals surface area contributed by atoms with Crippen LogP contribution in [0.1, 0.15) is 68.1 Å². The third-order valence-electron chi connectivity index (χ3n) is 7.77. The van der Waals surface area contributed by atoms with E-state index < -0.39 is 5.60 Å². The van der Waals surface area contributed by atoms with Crippen LogP contribution in [0.5, 0.6) is 11.5 Å². The first-order valence-corrected chi connectivity index (χ1v) is 14.6. The van der Waals surface area contributed by atoms with Crippen LogP contribution in [0.2, 0.25) is 0 Å². The number of rotatable bonds is 14. The van der Waals surface area contributed by atoms with Gasteiger partial charge in [-0.15, -0.1) is 6.58 Å². The lowest BCUT2D eigenvalue weighted by Crippen LogP contribution is -2.43. The first-order chi connectivity index (χ1) is 19.4. The van der Waals surface area contributed by atoms with Gasteiger partial charge in [0.1, 0.15) is 11.5 Å². The van der Waals surface area contributed by atoms with Crippen molar-refractivity contribution in [3.63, 3.8) is 0 Å². The average molecular weight is 543 g/mol. The Labute approximate surface area is 241 Å². The molecule has 0 aromatic heterocycles. The Morgan fingerprint density at radius 3 is 1.98 bits per heavy atom. The predicted octanol–water partition coefficient (Wildman–Crippen LogP) is 8.16. The van der Waals surface area contributed by atoms with E-state index in [1.54, 1.807) is 7.11 Å². The lowest BCUT2D eigenvalue weighted by molar-refractivity contribution is -0.166. The van der Waals surface area contributed by atoms with Crippen molar-refractivity contribution in [3.05, 3.63) is 96.1 Å². The van der Waals surface area contributed by atoms with E-state index in [1.165, 1.54) is 32.1 Å². The molecule has 0 N–H and O–H groups in total. The number of allylic oxidation sites excluding steroid dienone is 1. The number of nitrogens with zero attached hydrogens (tertiary/aromatic N) is 2. The van der Waals surface area contributed by atoms with Crippen molar-refractivity contribution in [2.45, 2.75) is 63.3 Å². The summed E-state index contributed by atoms with van der Waals surface area (Å²) in [6.45, 7) is 3.83. The Hall–Kier alpha value is -3.44. The van der Waals surface area contributed by atoms with E-state index in [4.69, 9.17) is 14.2 Å². The Morgan fingerprint density at radius 1 is 0.800 bits per heavy atom. The van der Waals surface area contributed by atoms with E-state index in [0.717, 1.165) is 58.8 Å². The van der Waals surface area contributed by atoms with Gasteiger partial charge in [-0.2, -0.15) is 0 Å². The van der Waals surface area contributed by atoms with Crippen molar-refractivity contribution in [2.24, 2.45) is 0 Å². The molecule has 5 heteroatoms. The quantitative estimate of drug-likeness (QED) is 0.152. The molecule has 1 heterocycles. The van der Waals surface area contributed by atoms with E-state index in [1.807, 2.05) is 18.2 Å². The van der Waals surface area contributed by atoms with Crippen LogP contribution in [-0.2, 0) is 10.3 Å². The third kappa shape index (κ3) is 6.64. The maximum absolute atomic E-state index is 7.18. The summed E-state index contributed by atoms with van der Waals surface area (Å²) in [6, 6.07) is 23.4. The van der Waals surface area contributed by atoms with Crippen molar-refractivity contribution in [1.82, 2.24) is 0 Å². The molecule has 0 aliphatic carbocycles. The van der Waals surface area contributed by atoms with Crippen molar-refractivity contribution < 1.29 is 14.2 Å². The molecule has 5 nitrogen and oxygen atoms in total. The average Bonchev–Trinajstić information content (AvgIpc) is 2.97. The van der Waals surface area contributed by atoms with E-state index in [9.17, 15) is 0 Å². The summed E-state index contributed by atoms with van der Waals surface area (Å²) in [5.41, 5.74) is 4.47. The molecule has 3 aromatic carbocycles. The first kappa shape index (κ1) is 29.5. The van der Waals surface area contributed by atoms with E-state index in [-0.39, 0.29) is 6.29 Å². The number of ether oxygens (including phenoxy) is 3. The van der Waals surface area contributed by atoms with E-state index in [0.29, 0.717) is 0 Å². The van der Waals surface area contributed by atoms with Crippen LogP contribution in [0.3, 0.4) is 0 Å². The molecular weight excluding hydrogens is 496 g/mol. The fourth-order valence-corrected chi connectivity index (χ4v) is 5.48. The second-order valence-corrected chi connectivity index (χ2v) is 11.1. The van der Waals surface area contributed by atoms with Gasteiger partial charge in [0, 0.05) is 51.5 Å². The maximum atomic E-state index is 7.18.